The van der Waals surface area contributed by atoms with Gasteiger partial charge in [0.15, 0.2) is 9.84 Å². The van der Waals surface area contributed by atoms with Crippen LogP contribution in [0.5, 0.6) is 0 Å². The molecule has 0 saturated carbocycles. The van der Waals surface area contributed by atoms with Crippen molar-refractivity contribution in [1.29, 1.82) is 0 Å². The Morgan fingerprint density at radius 3 is 2.59 bits per heavy atom. The van der Waals surface area contributed by atoms with E-state index in [1.165, 1.54) is 0 Å². The van der Waals surface area contributed by atoms with Gasteiger partial charge in [-0.1, -0.05) is 30.1 Å². The summed E-state index contributed by atoms with van der Waals surface area (Å²) in [5.74, 6) is -0.0961. The summed E-state index contributed by atoms with van der Waals surface area (Å²) >= 11 is 11.7. The minimum absolute atomic E-state index is 0.0574. The molecule has 0 aliphatic heterocycles. The molecule has 1 rings (SSSR count). The molecule has 0 heterocycles. The Kier molecular flexibility index (Phi) is 5.25. The topological polar surface area (TPSA) is 60.2 Å². The number of hydrogen-bond acceptors (Lipinski definition) is 3. The normalized spacial score (nSPS) is 13.6. The van der Waals surface area contributed by atoms with E-state index in [0.717, 1.165) is 0 Å². The van der Waals surface area contributed by atoms with Crippen molar-refractivity contribution in [2.24, 2.45) is 11.7 Å². The van der Waals surface area contributed by atoms with E-state index in [1.54, 1.807) is 25.1 Å². The Bertz CT molecular complexity index is 488. The van der Waals surface area contributed by atoms with Gasteiger partial charge in [0.25, 0.3) is 0 Å². The molecule has 96 valence electrons. The summed E-state index contributed by atoms with van der Waals surface area (Å²) in [4.78, 5) is 0. The van der Waals surface area contributed by atoms with E-state index >= 15 is 0 Å². The second-order valence-electron chi connectivity index (χ2n) is 4.13. The SMILES string of the molecule is CC(CN)CS(=O)(=O)Cc1cc(Cl)ccc1Cl. The third-order valence-corrected chi connectivity index (χ3v) is 4.76. The van der Waals surface area contributed by atoms with Crippen LogP contribution < -0.4 is 5.73 Å². The number of rotatable bonds is 5. The lowest BCUT2D eigenvalue weighted by molar-refractivity contribution is 0.573. The van der Waals surface area contributed by atoms with Crippen LogP contribution in [0.2, 0.25) is 10.0 Å². The van der Waals surface area contributed by atoms with Gasteiger partial charge in [-0.05, 0) is 36.2 Å². The van der Waals surface area contributed by atoms with Crippen molar-refractivity contribution >= 4 is 33.0 Å². The summed E-state index contributed by atoms with van der Waals surface area (Å²) in [5.41, 5.74) is 5.95. The van der Waals surface area contributed by atoms with Gasteiger partial charge in [-0.3, -0.25) is 0 Å². The average molecular weight is 296 g/mol. The molecule has 1 unspecified atom stereocenters. The molecule has 0 aliphatic carbocycles. The minimum atomic E-state index is -3.21. The maximum atomic E-state index is 11.9. The van der Waals surface area contributed by atoms with Crippen molar-refractivity contribution in [3.8, 4) is 0 Å². The van der Waals surface area contributed by atoms with Crippen LogP contribution >= 0.6 is 23.2 Å². The van der Waals surface area contributed by atoms with E-state index in [4.69, 9.17) is 28.9 Å². The molecule has 17 heavy (non-hydrogen) atoms. The monoisotopic (exact) mass is 295 g/mol. The molecular weight excluding hydrogens is 281 g/mol. The van der Waals surface area contributed by atoms with E-state index < -0.39 is 9.84 Å². The number of sulfone groups is 1. The highest BCUT2D eigenvalue weighted by atomic mass is 35.5. The second kappa shape index (κ2) is 6.05. The lowest BCUT2D eigenvalue weighted by Crippen LogP contribution is -2.22. The molecular formula is C11H15Cl2NO2S. The first-order valence-electron chi connectivity index (χ1n) is 5.18. The van der Waals surface area contributed by atoms with Crippen LogP contribution in [-0.4, -0.2) is 20.7 Å². The van der Waals surface area contributed by atoms with Gasteiger partial charge < -0.3 is 5.73 Å². The van der Waals surface area contributed by atoms with Crippen molar-refractivity contribution in [3.63, 3.8) is 0 Å². The predicted octanol–water partition coefficient (Wildman–Crippen LogP) is 2.50. The lowest BCUT2D eigenvalue weighted by atomic mass is 10.2. The zero-order valence-electron chi connectivity index (χ0n) is 9.49. The summed E-state index contributed by atoms with van der Waals surface area (Å²) in [6.45, 7) is 2.15. The summed E-state index contributed by atoms with van der Waals surface area (Å²) in [7, 11) is -3.21. The van der Waals surface area contributed by atoms with Crippen LogP contribution in [0.15, 0.2) is 18.2 Å². The fourth-order valence-electron chi connectivity index (χ4n) is 1.45. The van der Waals surface area contributed by atoms with Gasteiger partial charge >= 0.3 is 0 Å². The van der Waals surface area contributed by atoms with Crippen LogP contribution in [0.25, 0.3) is 0 Å². The molecule has 0 amide bonds. The number of halogens is 2. The number of hydrogen-bond donors (Lipinski definition) is 1. The molecule has 1 atom stereocenters. The van der Waals surface area contributed by atoms with Crippen LogP contribution in [0.1, 0.15) is 12.5 Å². The standard InChI is InChI=1S/C11H15Cl2NO2S/c1-8(5-14)6-17(15,16)7-9-4-10(12)2-3-11(9)13/h2-4,8H,5-7,14H2,1H3. The van der Waals surface area contributed by atoms with Crippen molar-refractivity contribution < 1.29 is 8.42 Å². The second-order valence-corrected chi connectivity index (χ2v) is 7.08. The molecule has 1 aromatic carbocycles. The molecule has 0 aliphatic rings. The largest absolute Gasteiger partial charge is 0.330 e. The highest BCUT2D eigenvalue weighted by molar-refractivity contribution is 7.90. The van der Waals surface area contributed by atoms with Gasteiger partial charge in [-0.2, -0.15) is 0 Å². The Labute approximate surface area is 112 Å². The average Bonchev–Trinajstić information content (AvgIpc) is 2.22. The summed E-state index contributed by atoms with van der Waals surface area (Å²) in [6.07, 6.45) is 0. The van der Waals surface area contributed by atoms with Crippen molar-refractivity contribution in [1.82, 2.24) is 0 Å². The molecule has 2 N–H and O–H groups in total. The third-order valence-electron chi connectivity index (χ3n) is 2.32. The van der Waals surface area contributed by atoms with Gasteiger partial charge in [-0.15, -0.1) is 0 Å². The van der Waals surface area contributed by atoms with E-state index in [-0.39, 0.29) is 17.4 Å². The highest BCUT2D eigenvalue weighted by Gasteiger charge is 2.17. The van der Waals surface area contributed by atoms with Crippen LogP contribution in [-0.2, 0) is 15.6 Å². The fourth-order valence-corrected chi connectivity index (χ4v) is 3.74. The summed E-state index contributed by atoms with van der Waals surface area (Å²) in [5, 5.41) is 0.893. The van der Waals surface area contributed by atoms with Crippen molar-refractivity contribution in [2.45, 2.75) is 12.7 Å². The van der Waals surface area contributed by atoms with Crippen LogP contribution in [0.3, 0.4) is 0 Å². The summed E-state index contributed by atoms with van der Waals surface area (Å²) < 4.78 is 23.8. The first-order valence-corrected chi connectivity index (χ1v) is 7.76. The van der Waals surface area contributed by atoms with Gasteiger partial charge in [0.1, 0.15) is 0 Å². The Hall–Kier alpha value is -0.290. The fraction of sp³-hybridized carbons (Fsp3) is 0.455. The van der Waals surface area contributed by atoms with Crippen molar-refractivity contribution in [3.05, 3.63) is 33.8 Å². The van der Waals surface area contributed by atoms with Gasteiger partial charge in [0, 0.05) is 10.0 Å². The molecule has 0 radical (unpaired) electrons. The first-order chi connectivity index (χ1) is 7.84. The smallest absolute Gasteiger partial charge is 0.154 e. The van der Waals surface area contributed by atoms with E-state index in [1.807, 2.05) is 0 Å². The predicted molar refractivity (Wildman–Crippen MR) is 72.2 cm³/mol. The lowest BCUT2D eigenvalue weighted by Gasteiger charge is -2.10. The van der Waals surface area contributed by atoms with Crippen molar-refractivity contribution in [2.75, 3.05) is 12.3 Å². The molecule has 6 heteroatoms. The van der Waals surface area contributed by atoms with Crippen LogP contribution in [0, 0.1) is 5.92 Å². The number of nitrogens with two attached hydrogens (primary N) is 1. The Balaban J connectivity index is 2.86. The molecule has 1 aromatic rings. The summed E-state index contributed by atoms with van der Waals surface area (Å²) in [6, 6.07) is 4.80. The molecule has 0 fully saturated rings. The molecule has 0 spiro atoms. The van der Waals surface area contributed by atoms with Gasteiger partial charge in [-0.25, -0.2) is 8.42 Å². The van der Waals surface area contributed by atoms with E-state index in [9.17, 15) is 8.42 Å². The molecule has 0 saturated heterocycles. The quantitative estimate of drug-likeness (QED) is 0.908. The minimum Gasteiger partial charge on any atom is -0.330 e. The molecule has 0 aromatic heterocycles. The highest BCUT2D eigenvalue weighted by Crippen LogP contribution is 2.23. The van der Waals surface area contributed by atoms with E-state index in [0.29, 0.717) is 22.2 Å². The van der Waals surface area contributed by atoms with Crippen LogP contribution in [0.4, 0.5) is 0 Å². The Morgan fingerprint density at radius 1 is 1.35 bits per heavy atom. The first kappa shape index (κ1) is 14.8. The number of benzene rings is 1. The third kappa shape index (κ3) is 4.84. The molecule has 3 nitrogen and oxygen atoms in total. The van der Waals surface area contributed by atoms with E-state index in [2.05, 4.69) is 0 Å². The maximum Gasteiger partial charge on any atom is 0.154 e. The van der Waals surface area contributed by atoms with Gasteiger partial charge in [0.2, 0.25) is 0 Å². The van der Waals surface area contributed by atoms with Gasteiger partial charge in [0.05, 0.1) is 11.5 Å². The zero-order chi connectivity index (χ0) is 13.1. The zero-order valence-corrected chi connectivity index (χ0v) is 11.8. The Morgan fingerprint density at radius 2 is 2.00 bits per heavy atom. The molecule has 0 bridgehead atoms. The maximum absolute atomic E-state index is 11.9.